The Hall–Kier alpha value is -0.650. The van der Waals surface area contributed by atoms with Gasteiger partial charge in [-0.2, -0.15) is 0 Å². The lowest BCUT2D eigenvalue weighted by Gasteiger charge is -2.25. The number of hydrogen-bond acceptors (Lipinski definition) is 4. The van der Waals surface area contributed by atoms with E-state index in [1.54, 1.807) is 6.92 Å². The van der Waals surface area contributed by atoms with E-state index in [0.717, 1.165) is 0 Å². The molecule has 0 saturated heterocycles. The standard InChI is InChI=1S/C9H21N3O2/c1-4-8(9(14)11-10)12(3)6-5-7(2)13/h7-8,13H,4-6,10H2,1-3H3,(H,11,14). The first kappa shape index (κ1) is 13.4. The number of hydrazine groups is 1. The van der Waals surface area contributed by atoms with Gasteiger partial charge in [-0.05, 0) is 26.8 Å². The predicted molar refractivity (Wildman–Crippen MR) is 55.3 cm³/mol. The summed E-state index contributed by atoms with van der Waals surface area (Å²) in [6, 6.07) is -0.209. The monoisotopic (exact) mass is 203 g/mol. The second-order valence-corrected chi connectivity index (χ2v) is 3.55. The van der Waals surface area contributed by atoms with Gasteiger partial charge >= 0.3 is 0 Å². The molecule has 0 spiro atoms. The van der Waals surface area contributed by atoms with Crippen molar-refractivity contribution in [2.75, 3.05) is 13.6 Å². The van der Waals surface area contributed by atoms with Crippen LogP contribution >= 0.6 is 0 Å². The number of carbonyl (C=O) groups excluding carboxylic acids is 1. The largest absolute Gasteiger partial charge is 0.393 e. The Labute approximate surface area is 85.2 Å². The first-order valence-electron chi connectivity index (χ1n) is 4.91. The molecule has 0 radical (unpaired) electrons. The highest BCUT2D eigenvalue weighted by molar-refractivity contribution is 5.80. The van der Waals surface area contributed by atoms with Crippen LogP contribution in [0.4, 0.5) is 0 Å². The van der Waals surface area contributed by atoms with Gasteiger partial charge < -0.3 is 5.11 Å². The third kappa shape index (κ3) is 4.55. The van der Waals surface area contributed by atoms with E-state index in [2.05, 4.69) is 5.43 Å². The molecule has 0 aliphatic carbocycles. The van der Waals surface area contributed by atoms with E-state index in [1.165, 1.54) is 0 Å². The molecule has 0 bridgehead atoms. The van der Waals surface area contributed by atoms with Crippen LogP contribution in [0.1, 0.15) is 26.7 Å². The fraction of sp³-hybridized carbons (Fsp3) is 0.889. The molecular weight excluding hydrogens is 182 g/mol. The number of nitrogens with zero attached hydrogens (tertiary/aromatic N) is 1. The summed E-state index contributed by atoms with van der Waals surface area (Å²) in [7, 11) is 1.85. The fourth-order valence-electron chi connectivity index (χ4n) is 1.34. The van der Waals surface area contributed by atoms with Crippen molar-refractivity contribution < 1.29 is 9.90 Å². The number of hydrogen-bond donors (Lipinski definition) is 3. The SMILES string of the molecule is CCC(C(=O)NN)N(C)CCC(C)O. The molecule has 5 nitrogen and oxygen atoms in total. The van der Waals surface area contributed by atoms with Crippen molar-refractivity contribution in [3.63, 3.8) is 0 Å². The van der Waals surface area contributed by atoms with E-state index in [4.69, 9.17) is 10.9 Å². The zero-order valence-electron chi connectivity index (χ0n) is 9.16. The highest BCUT2D eigenvalue weighted by atomic mass is 16.3. The minimum absolute atomic E-state index is 0.180. The zero-order valence-corrected chi connectivity index (χ0v) is 9.16. The van der Waals surface area contributed by atoms with Crippen LogP contribution in [0.25, 0.3) is 0 Å². The first-order valence-corrected chi connectivity index (χ1v) is 4.91. The number of carbonyl (C=O) groups is 1. The molecule has 0 heterocycles. The number of aliphatic hydroxyl groups excluding tert-OH is 1. The van der Waals surface area contributed by atoms with Crippen molar-refractivity contribution >= 4 is 5.91 Å². The molecule has 0 saturated carbocycles. The van der Waals surface area contributed by atoms with Gasteiger partial charge in [0.15, 0.2) is 0 Å². The molecule has 2 unspecified atom stereocenters. The minimum Gasteiger partial charge on any atom is -0.393 e. The molecule has 0 aliphatic rings. The Morgan fingerprint density at radius 2 is 2.21 bits per heavy atom. The van der Waals surface area contributed by atoms with Gasteiger partial charge in [-0.3, -0.25) is 15.1 Å². The van der Waals surface area contributed by atoms with E-state index in [-0.39, 0.29) is 18.1 Å². The quantitative estimate of drug-likeness (QED) is 0.308. The van der Waals surface area contributed by atoms with Crippen molar-refractivity contribution in [3.8, 4) is 0 Å². The van der Waals surface area contributed by atoms with Crippen molar-refractivity contribution in [2.45, 2.75) is 38.8 Å². The van der Waals surface area contributed by atoms with E-state index in [1.807, 2.05) is 18.9 Å². The number of aliphatic hydroxyl groups is 1. The second kappa shape index (κ2) is 6.75. The summed E-state index contributed by atoms with van der Waals surface area (Å²) in [5, 5.41) is 9.10. The van der Waals surface area contributed by atoms with Gasteiger partial charge in [0.25, 0.3) is 5.91 Å². The third-order valence-electron chi connectivity index (χ3n) is 2.26. The zero-order chi connectivity index (χ0) is 11.1. The van der Waals surface area contributed by atoms with Gasteiger partial charge in [0.2, 0.25) is 0 Å². The van der Waals surface area contributed by atoms with Gasteiger partial charge in [-0.1, -0.05) is 6.92 Å². The van der Waals surface area contributed by atoms with E-state index < -0.39 is 0 Å². The molecule has 0 aromatic rings. The number of likely N-dealkylation sites (N-methyl/N-ethyl adjacent to an activating group) is 1. The molecule has 5 heteroatoms. The van der Waals surface area contributed by atoms with Crippen molar-refractivity contribution in [2.24, 2.45) is 5.84 Å². The summed E-state index contributed by atoms with van der Waals surface area (Å²) in [4.78, 5) is 13.2. The van der Waals surface area contributed by atoms with Gasteiger partial charge in [-0.15, -0.1) is 0 Å². The Kier molecular flexibility index (Phi) is 6.44. The summed E-state index contributed by atoms with van der Waals surface area (Å²) in [5.41, 5.74) is 2.14. The lowest BCUT2D eigenvalue weighted by Crippen LogP contribution is -2.47. The molecule has 84 valence electrons. The Balaban J connectivity index is 4.04. The molecule has 0 aromatic carbocycles. The lowest BCUT2D eigenvalue weighted by atomic mass is 10.1. The third-order valence-corrected chi connectivity index (χ3v) is 2.26. The summed E-state index contributed by atoms with van der Waals surface area (Å²) in [6.07, 6.45) is 1.03. The van der Waals surface area contributed by atoms with Gasteiger partial charge in [0, 0.05) is 6.54 Å². The molecule has 0 rings (SSSR count). The highest BCUT2D eigenvalue weighted by Gasteiger charge is 2.20. The maximum Gasteiger partial charge on any atom is 0.251 e. The molecule has 4 N–H and O–H groups in total. The van der Waals surface area contributed by atoms with Crippen molar-refractivity contribution in [1.29, 1.82) is 0 Å². The normalized spacial score (nSPS) is 15.3. The minimum atomic E-state index is -0.337. The van der Waals surface area contributed by atoms with Gasteiger partial charge in [0.1, 0.15) is 0 Å². The van der Waals surface area contributed by atoms with E-state index in [0.29, 0.717) is 19.4 Å². The van der Waals surface area contributed by atoms with Gasteiger partial charge in [-0.25, -0.2) is 5.84 Å². The maximum atomic E-state index is 11.3. The number of nitrogens with one attached hydrogen (secondary N) is 1. The van der Waals surface area contributed by atoms with Crippen LogP contribution in [0.3, 0.4) is 0 Å². The average molecular weight is 203 g/mol. The van der Waals surface area contributed by atoms with Crippen LogP contribution in [0.2, 0.25) is 0 Å². The van der Waals surface area contributed by atoms with Crippen LogP contribution in [0, 0.1) is 0 Å². The van der Waals surface area contributed by atoms with Gasteiger partial charge in [0.05, 0.1) is 12.1 Å². The van der Waals surface area contributed by atoms with Crippen LogP contribution in [0.5, 0.6) is 0 Å². The second-order valence-electron chi connectivity index (χ2n) is 3.55. The van der Waals surface area contributed by atoms with Crippen LogP contribution in [-0.2, 0) is 4.79 Å². The first-order chi connectivity index (χ1) is 6.52. The molecule has 0 aromatic heterocycles. The molecule has 0 fully saturated rings. The number of rotatable bonds is 6. The van der Waals surface area contributed by atoms with Crippen LogP contribution in [0.15, 0.2) is 0 Å². The van der Waals surface area contributed by atoms with Crippen molar-refractivity contribution in [3.05, 3.63) is 0 Å². The topological polar surface area (TPSA) is 78.6 Å². The predicted octanol–water partition coefficient (Wildman–Crippen LogP) is -0.542. The summed E-state index contributed by atoms with van der Waals surface area (Å²) < 4.78 is 0. The van der Waals surface area contributed by atoms with E-state index in [9.17, 15) is 4.79 Å². The molecular formula is C9H21N3O2. The Morgan fingerprint density at radius 1 is 1.64 bits per heavy atom. The number of amides is 1. The molecule has 2 atom stereocenters. The molecule has 14 heavy (non-hydrogen) atoms. The summed E-state index contributed by atoms with van der Waals surface area (Å²) in [5.74, 6) is 4.89. The maximum absolute atomic E-state index is 11.3. The van der Waals surface area contributed by atoms with Crippen LogP contribution in [-0.4, -0.2) is 41.7 Å². The molecule has 1 amide bonds. The van der Waals surface area contributed by atoms with E-state index >= 15 is 0 Å². The Morgan fingerprint density at radius 3 is 2.57 bits per heavy atom. The van der Waals surface area contributed by atoms with Crippen molar-refractivity contribution in [1.82, 2.24) is 10.3 Å². The Bertz CT molecular complexity index is 173. The fourth-order valence-corrected chi connectivity index (χ4v) is 1.34. The number of nitrogens with two attached hydrogens (primary N) is 1. The van der Waals surface area contributed by atoms with Crippen LogP contribution < -0.4 is 11.3 Å². The lowest BCUT2D eigenvalue weighted by molar-refractivity contribution is -0.126. The molecule has 0 aliphatic heterocycles. The summed E-state index contributed by atoms with van der Waals surface area (Å²) >= 11 is 0. The smallest absolute Gasteiger partial charge is 0.251 e. The average Bonchev–Trinajstić information content (AvgIpc) is 2.15. The highest BCUT2D eigenvalue weighted by Crippen LogP contribution is 2.03. The summed E-state index contributed by atoms with van der Waals surface area (Å²) in [6.45, 7) is 4.35.